The first kappa shape index (κ1) is 11.7. The maximum atomic E-state index is 9.47. The second-order valence-corrected chi connectivity index (χ2v) is 5.14. The van der Waals surface area contributed by atoms with Gasteiger partial charge in [0.25, 0.3) is 0 Å². The molecule has 1 heterocycles. The van der Waals surface area contributed by atoms with E-state index in [-0.39, 0.29) is 0 Å². The third-order valence-corrected chi connectivity index (χ3v) is 4.28. The first-order valence-electron chi connectivity index (χ1n) is 6.15. The molecule has 1 atom stereocenters. The average molecular weight is 224 g/mol. The number of aliphatic hydroxyl groups excluding tert-OH is 1. The lowest BCUT2D eigenvalue weighted by Gasteiger charge is -2.28. The maximum Gasteiger partial charge on any atom is 0.0477 e. The van der Waals surface area contributed by atoms with Gasteiger partial charge in [0.2, 0.25) is 0 Å². The zero-order valence-corrected chi connectivity index (χ0v) is 9.68. The number of nitrogens with zero attached hydrogens (tertiary/aromatic N) is 4. The maximum absolute atomic E-state index is 9.47. The zero-order chi connectivity index (χ0) is 11.4. The van der Waals surface area contributed by atoms with Crippen LogP contribution >= 0.6 is 0 Å². The molecule has 0 aromatic heterocycles. The highest BCUT2D eigenvalue weighted by Crippen LogP contribution is 2.48. The van der Waals surface area contributed by atoms with Crippen LogP contribution in [0.25, 0.3) is 10.4 Å². The lowest BCUT2D eigenvalue weighted by molar-refractivity contribution is 0.137. The molecule has 1 spiro atoms. The molecule has 1 N–H and O–H groups in total. The Morgan fingerprint density at radius 3 is 2.81 bits per heavy atom. The highest BCUT2D eigenvalue weighted by molar-refractivity contribution is 4.99. The molecule has 0 amide bonds. The van der Waals surface area contributed by atoms with Gasteiger partial charge in [-0.2, -0.15) is 0 Å². The van der Waals surface area contributed by atoms with Gasteiger partial charge in [-0.05, 0) is 23.8 Å². The van der Waals surface area contributed by atoms with Crippen LogP contribution in [0.4, 0.5) is 0 Å². The largest absolute Gasteiger partial charge is 0.396 e. The third kappa shape index (κ3) is 2.17. The standard InChI is InChI=1S/C11H20N4O/c12-14-13-5-6-15-7-10(8-16)11(9-15)3-1-2-4-11/h10,16H,1-9H2/t10-/m0/s1. The summed E-state index contributed by atoms with van der Waals surface area (Å²) in [5.74, 6) is 0.432. The fraction of sp³-hybridized carbons (Fsp3) is 1.00. The van der Waals surface area contributed by atoms with Gasteiger partial charge in [-0.1, -0.05) is 18.0 Å². The van der Waals surface area contributed by atoms with Crippen molar-refractivity contribution in [3.63, 3.8) is 0 Å². The number of aliphatic hydroxyl groups is 1. The Balaban J connectivity index is 1.93. The van der Waals surface area contributed by atoms with Crippen LogP contribution < -0.4 is 0 Å². The van der Waals surface area contributed by atoms with E-state index in [1.54, 1.807) is 0 Å². The molecule has 0 aromatic rings. The number of hydrogen-bond acceptors (Lipinski definition) is 3. The second-order valence-electron chi connectivity index (χ2n) is 5.14. The number of hydrogen-bond donors (Lipinski definition) is 1. The molecule has 1 saturated carbocycles. The normalized spacial score (nSPS) is 28.4. The zero-order valence-electron chi connectivity index (χ0n) is 9.68. The molecule has 16 heavy (non-hydrogen) atoms. The molecule has 5 nitrogen and oxygen atoms in total. The molecule has 2 aliphatic rings. The van der Waals surface area contributed by atoms with E-state index in [0.29, 0.717) is 24.5 Å². The molecule has 90 valence electrons. The summed E-state index contributed by atoms with van der Waals surface area (Å²) in [5.41, 5.74) is 8.61. The molecule has 0 bridgehead atoms. The molecule has 0 aromatic carbocycles. The monoisotopic (exact) mass is 224 g/mol. The molecule has 2 rings (SSSR count). The van der Waals surface area contributed by atoms with Gasteiger partial charge in [0.15, 0.2) is 0 Å². The van der Waals surface area contributed by atoms with Gasteiger partial charge in [0, 0.05) is 43.6 Å². The van der Waals surface area contributed by atoms with Crippen molar-refractivity contribution in [1.29, 1.82) is 0 Å². The van der Waals surface area contributed by atoms with Crippen molar-refractivity contribution in [2.24, 2.45) is 16.4 Å². The fourth-order valence-corrected chi connectivity index (χ4v) is 3.44. The minimum absolute atomic E-state index is 0.304. The van der Waals surface area contributed by atoms with Crippen LogP contribution in [0.5, 0.6) is 0 Å². The molecule has 1 aliphatic carbocycles. The topological polar surface area (TPSA) is 72.2 Å². The summed E-state index contributed by atoms with van der Waals surface area (Å²) in [4.78, 5) is 5.12. The smallest absolute Gasteiger partial charge is 0.0477 e. The van der Waals surface area contributed by atoms with Crippen molar-refractivity contribution in [3.8, 4) is 0 Å². The summed E-state index contributed by atoms with van der Waals surface area (Å²) >= 11 is 0. The molecule has 1 saturated heterocycles. The Hall–Kier alpha value is -0.770. The molecular weight excluding hydrogens is 204 g/mol. The third-order valence-electron chi connectivity index (χ3n) is 4.28. The van der Waals surface area contributed by atoms with Gasteiger partial charge >= 0.3 is 0 Å². The Labute approximate surface area is 96.1 Å². The van der Waals surface area contributed by atoms with E-state index in [1.807, 2.05) is 0 Å². The quantitative estimate of drug-likeness (QED) is 0.449. The van der Waals surface area contributed by atoms with E-state index in [2.05, 4.69) is 14.9 Å². The van der Waals surface area contributed by atoms with Crippen LogP contribution in [0.3, 0.4) is 0 Å². The SMILES string of the molecule is [N-]=[N+]=NCCN1C[C@@H](CO)C2(CCCC2)C1. The van der Waals surface area contributed by atoms with Crippen LogP contribution in [0.15, 0.2) is 5.11 Å². The van der Waals surface area contributed by atoms with E-state index >= 15 is 0 Å². The van der Waals surface area contributed by atoms with Crippen LogP contribution in [-0.4, -0.2) is 42.8 Å². The summed E-state index contributed by atoms with van der Waals surface area (Å²) in [5, 5.41) is 13.0. The van der Waals surface area contributed by atoms with Gasteiger partial charge in [-0.15, -0.1) is 0 Å². The lowest BCUT2D eigenvalue weighted by atomic mass is 9.77. The van der Waals surface area contributed by atoms with Crippen LogP contribution in [0.2, 0.25) is 0 Å². The predicted octanol–water partition coefficient (Wildman–Crippen LogP) is 1.78. The van der Waals surface area contributed by atoms with Crippen molar-refractivity contribution < 1.29 is 5.11 Å². The van der Waals surface area contributed by atoms with E-state index < -0.39 is 0 Å². The van der Waals surface area contributed by atoms with Crippen LogP contribution in [0.1, 0.15) is 25.7 Å². The van der Waals surface area contributed by atoms with Crippen molar-refractivity contribution >= 4 is 0 Å². The van der Waals surface area contributed by atoms with E-state index in [0.717, 1.165) is 19.6 Å². The Morgan fingerprint density at radius 1 is 1.44 bits per heavy atom. The summed E-state index contributed by atoms with van der Waals surface area (Å²) in [6, 6.07) is 0. The molecule has 5 heteroatoms. The molecule has 2 fully saturated rings. The molecule has 0 radical (unpaired) electrons. The minimum atomic E-state index is 0.304. The summed E-state index contributed by atoms with van der Waals surface area (Å²) in [6.07, 6.45) is 5.13. The second kappa shape index (κ2) is 5.04. The van der Waals surface area contributed by atoms with Crippen LogP contribution in [-0.2, 0) is 0 Å². The summed E-state index contributed by atoms with van der Waals surface area (Å²) < 4.78 is 0. The predicted molar refractivity (Wildman–Crippen MR) is 61.9 cm³/mol. The van der Waals surface area contributed by atoms with Crippen molar-refractivity contribution in [2.75, 3.05) is 32.8 Å². The summed E-state index contributed by atoms with van der Waals surface area (Å²) in [6.45, 7) is 3.74. The van der Waals surface area contributed by atoms with Gasteiger partial charge < -0.3 is 10.0 Å². The number of rotatable bonds is 4. The number of likely N-dealkylation sites (tertiary alicyclic amines) is 1. The van der Waals surface area contributed by atoms with Gasteiger partial charge in [-0.3, -0.25) is 0 Å². The number of azide groups is 1. The van der Waals surface area contributed by atoms with Gasteiger partial charge in [-0.25, -0.2) is 0 Å². The highest BCUT2D eigenvalue weighted by atomic mass is 16.3. The Kier molecular flexibility index (Phi) is 3.69. The minimum Gasteiger partial charge on any atom is -0.396 e. The average Bonchev–Trinajstić information content (AvgIpc) is 2.88. The summed E-state index contributed by atoms with van der Waals surface area (Å²) in [7, 11) is 0. The molecular formula is C11H20N4O. The molecule has 0 unspecified atom stereocenters. The van der Waals surface area contributed by atoms with Crippen molar-refractivity contribution in [3.05, 3.63) is 10.4 Å². The Morgan fingerprint density at radius 2 is 2.19 bits per heavy atom. The Bertz CT molecular complexity index is 282. The van der Waals surface area contributed by atoms with Crippen LogP contribution in [0, 0.1) is 11.3 Å². The van der Waals surface area contributed by atoms with E-state index in [1.165, 1.54) is 25.7 Å². The van der Waals surface area contributed by atoms with Gasteiger partial charge in [0.05, 0.1) is 0 Å². The molecule has 1 aliphatic heterocycles. The first-order valence-corrected chi connectivity index (χ1v) is 6.15. The van der Waals surface area contributed by atoms with Crippen molar-refractivity contribution in [2.45, 2.75) is 25.7 Å². The lowest BCUT2D eigenvalue weighted by Crippen LogP contribution is -2.29. The van der Waals surface area contributed by atoms with E-state index in [4.69, 9.17) is 5.53 Å². The van der Waals surface area contributed by atoms with E-state index in [9.17, 15) is 5.11 Å². The first-order chi connectivity index (χ1) is 7.80. The fourth-order valence-electron chi connectivity index (χ4n) is 3.44. The van der Waals surface area contributed by atoms with Crippen molar-refractivity contribution in [1.82, 2.24) is 4.90 Å². The van der Waals surface area contributed by atoms with Gasteiger partial charge in [0.1, 0.15) is 0 Å². The highest BCUT2D eigenvalue weighted by Gasteiger charge is 2.47.